The van der Waals surface area contributed by atoms with Crippen LogP contribution in [0.4, 0.5) is 0 Å². The van der Waals surface area contributed by atoms with Crippen LogP contribution in [0.15, 0.2) is 30.5 Å². The van der Waals surface area contributed by atoms with Crippen LogP contribution in [0.1, 0.15) is 16.8 Å². The fourth-order valence-electron chi connectivity index (χ4n) is 1.98. The first-order valence-electron chi connectivity index (χ1n) is 6.59. The second-order valence-corrected chi connectivity index (χ2v) is 4.50. The Balaban J connectivity index is 1.85. The molecule has 1 aromatic heterocycles. The van der Waals surface area contributed by atoms with Gasteiger partial charge in [-0.05, 0) is 11.1 Å². The summed E-state index contributed by atoms with van der Waals surface area (Å²) in [5.41, 5.74) is 3.27. The molecule has 2 aromatic rings. The number of aromatic nitrogens is 3. The van der Waals surface area contributed by atoms with E-state index in [2.05, 4.69) is 27.8 Å². The molecule has 0 aliphatic heterocycles. The molecule has 0 saturated heterocycles. The van der Waals surface area contributed by atoms with Gasteiger partial charge in [0.25, 0.3) is 0 Å². The molecule has 0 radical (unpaired) electrons. The second-order valence-electron chi connectivity index (χ2n) is 4.50. The molecule has 1 aromatic carbocycles. The molecular weight excluding hydrogens is 256 g/mol. The molecule has 6 heteroatoms. The van der Waals surface area contributed by atoms with E-state index in [4.69, 9.17) is 9.84 Å². The number of nitrogens with one attached hydrogen (secondary N) is 1. The lowest BCUT2D eigenvalue weighted by atomic mass is 10.1. The highest BCUT2D eigenvalue weighted by molar-refractivity contribution is 5.26. The zero-order chi connectivity index (χ0) is 14.2. The first-order chi connectivity index (χ1) is 9.83. The SMILES string of the molecule is COCc1ccccc1CNCc1cn(CCO)nn1. The summed E-state index contributed by atoms with van der Waals surface area (Å²) in [6, 6.07) is 8.19. The van der Waals surface area contributed by atoms with Gasteiger partial charge in [-0.25, -0.2) is 4.68 Å². The Hall–Kier alpha value is -1.76. The quantitative estimate of drug-likeness (QED) is 0.743. The van der Waals surface area contributed by atoms with E-state index in [0.29, 0.717) is 19.7 Å². The topological polar surface area (TPSA) is 72.2 Å². The van der Waals surface area contributed by atoms with Gasteiger partial charge in [0.1, 0.15) is 0 Å². The summed E-state index contributed by atoms with van der Waals surface area (Å²) in [5, 5.41) is 20.1. The van der Waals surface area contributed by atoms with Crippen LogP contribution in [-0.4, -0.2) is 33.8 Å². The Morgan fingerprint density at radius 3 is 2.80 bits per heavy atom. The minimum Gasteiger partial charge on any atom is -0.394 e. The van der Waals surface area contributed by atoms with E-state index < -0.39 is 0 Å². The maximum Gasteiger partial charge on any atom is 0.0964 e. The van der Waals surface area contributed by atoms with Crippen LogP contribution in [0.3, 0.4) is 0 Å². The van der Waals surface area contributed by atoms with Gasteiger partial charge >= 0.3 is 0 Å². The standard InChI is InChI=1S/C14H20N4O2/c1-20-11-13-5-3-2-4-12(13)8-15-9-14-10-18(6-7-19)17-16-14/h2-5,10,15,19H,6-9,11H2,1H3. The van der Waals surface area contributed by atoms with E-state index in [1.54, 1.807) is 11.8 Å². The van der Waals surface area contributed by atoms with Crippen LogP contribution >= 0.6 is 0 Å². The maximum atomic E-state index is 8.82. The second kappa shape index (κ2) is 7.74. The van der Waals surface area contributed by atoms with Crippen LogP contribution in [0, 0.1) is 0 Å². The van der Waals surface area contributed by atoms with Crippen molar-refractivity contribution >= 4 is 0 Å². The first kappa shape index (κ1) is 14.6. The normalized spacial score (nSPS) is 10.9. The van der Waals surface area contributed by atoms with Gasteiger partial charge in [0.05, 0.1) is 25.5 Å². The highest BCUT2D eigenvalue weighted by Crippen LogP contribution is 2.09. The number of aliphatic hydroxyl groups excluding tert-OH is 1. The van der Waals surface area contributed by atoms with E-state index in [0.717, 1.165) is 12.2 Å². The van der Waals surface area contributed by atoms with Gasteiger partial charge in [0.2, 0.25) is 0 Å². The molecule has 0 amide bonds. The summed E-state index contributed by atoms with van der Waals surface area (Å²) in [6.45, 7) is 2.56. The summed E-state index contributed by atoms with van der Waals surface area (Å²) in [5.74, 6) is 0. The van der Waals surface area contributed by atoms with Crippen molar-refractivity contribution in [2.24, 2.45) is 0 Å². The van der Waals surface area contributed by atoms with Gasteiger partial charge in [-0.3, -0.25) is 0 Å². The van der Waals surface area contributed by atoms with Crippen molar-refractivity contribution in [1.29, 1.82) is 0 Å². The molecule has 1 heterocycles. The van der Waals surface area contributed by atoms with Crippen molar-refractivity contribution in [3.63, 3.8) is 0 Å². The molecular formula is C14H20N4O2. The molecule has 108 valence electrons. The van der Waals surface area contributed by atoms with E-state index in [1.165, 1.54) is 11.1 Å². The summed E-state index contributed by atoms with van der Waals surface area (Å²) in [6.07, 6.45) is 1.84. The summed E-state index contributed by atoms with van der Waals surface area (Å²) < 4.78 is 6.82. The highest BCUT2D eigenvalue weighted by Gasteiger charge is 2.03. The third kappa shape index (κ3) is 4.12. The Kier molecular flexibility index (Phi) is 5.67. The molecule has 0 aliphatic carbocycles. The van der Waals surface area contributed by atoms with Crippen LogP contribution < -0.4 is 5.32 Å². The third-order valence-electron chi connectivity index (χ3n) is 2.95. The number of nitrogens with zero attached hydrogens (tertiary/aromatic N) is 3. The number of aliphatic hydroxyl groups is 1. The van der Waals surface area contributed by atoms with Gasteiger partial charge in [0, 0.05) is 26.4 Å². The van der Waals surface area contributed by atoms with Crippen LogP contribution in [0.2, 0.25) is 0 Å². The number of benzene rings is 1. The molecule has 0 bridgehead atoms. The summed E-state index contributed by atoms with van der Waals surface area (Å²) in [7, 11) is 1.70. The van der Waals surface area contributed by atoms with E-state index in [9.17, 15) is 0 Å². The molecule has 0 aliphatic rings. The minimum atomic E-state index is 0.0701. The molecule has 0 unspecified atom stereocenters. The van der Waals surface area contributed by atoms with Gasteiger partial charge in [-0.1, -0.05) is 29.5 Å². The largest absolute Gasteiger partial charge is 0.394 e. The van der Waals surface area contributed by atoms with E-state index in [1.807, 2.05) is 18.3 Å². The van der Waals surface area contributed by atoms with Crippen molar-refractivity contribution in [2.45, 2.75) is 26.2 Å². The van der Waals surface area contributed by atoms with Crippen molar-refractivity contribution < 1.29 is 9.84 Å². The van der Waals surface area contributed by atoms with Gasteiger partial charge in [0.15, 0.2) is 0 Å². The average Bonchev–Trinajstić information content (AvgIpc) is 2.89. The monoisotopic (exact) mass is 276 g/mol. The Bertz CT molecular complexity index is 527. The molecule has 2 N–H and O–H groups in total. The van der Waals surface area contributed by atoms with Crippen LogP contribution in [-0.2, 0) is 31.0 Å². The van der Waals surface area contributed by atoms with Gasteiger partial charge in [-0.2, -0.15) is 0 Å². The zero-order valence-electron chi connectivity index (χ0n) is 11.6. The van der Waals surface area contributed by atoms with E-state index in [-0.39, 0.29) is 6.61 Å². The van der Waals surface area contributed by atoms with E-state index >= 15 is 0 Å². The lowest BCUT2D eigenvalue weighted by Gasteiger charge is -2.09. The van der Waals surface area contributed by atoms with Gasteiger partial charge in [-0.15, -0.1) is 5.10 Å². The fourth-order valence-corrected chi connectivity index (χ4v) is 1.98. The van der Waals surface area contributed by atoms with Crippen LogP contribution in [0.5, 0.6) is 0 Å². The predicted octanol–water partition coefficient (Wildman–Crippen LogP) is 0.707. The lowest BCUT2D eigenvalue weighted by Crippen LogP contribution is -2.14. The highest BCUT2D eigenvalue weighted by atomic mass is 16.5. The maximum absolute atomic E-state index is 8.82. The molecule has 6 nitrogen and oxygen atoms in total. The Labute approximate surface area is 118 Å². The first-order valence-corrected chi connectivity index (χ1v) is 6.59. The predicted molar refractivity (Wildman–Crippen MR) is 74.8 cm³/mol. The molecule has 0 spiro atoms. The van der Waals surface area contributed by atoms with Crippen LogP contribution in [0.25, 0.3) is 0 Å². The van der Waals surface area contributed by atoms with Crippen molar-refractivity contribution in [1.82, 2.24) is 20.3 Å². The smallest absolute Gasteiger partial charge is 0.0964 e. The minimum absolute atomic E-state index is 0.0701. The molecule has 2 rings (SSSR count). The van der Waals surface area contributed by atoms with Crippen molar-refractivity contribution in [3.8, 4) is 0 Å². The molecule has 0 saturated carbocycles. The Morgan fingerprint density at radius 1 is 1.25 bits per heavy atom. The number of hydrogen-bond donors (Lipinski definition) is 2. The summed E-state index contributed by atoms with van der Waals surface area (Å²) in [4.78, 5) is 0. The molecule has 20 heavy (non-hydrogen) atoms. The van der Waals surface area contributed by atoms with Gasteiger partial charge < -0.3 is 15.2 Å². The molecule has 0 atom stereocenters. The fraction of sp³-hybridized carbons (Fsp3) is 0.429. The number of methoxy groups -OCH3 is 1. The molecule has 0 fully saturated rings. The number of ether oxygens (including phenoxy) is 1. The third-order valence-corrected chi connectivity index (χ3v) is 2.95. The average molecular weight is 276 g/mol. The van der Waals surface area contributed by atoms with Crippen molar-refractivity contribution in [2.75, 3.05) is 13.7 Å². The van der Waals surface area contributed by atoms with Crippen molar-refractivity contribution in [3.05, 3.63) is 47.3 Å². The number of hydrogen-bond acceptors (Lipinski definition) is 5. The lowest BCUT2D eigenvalue weighted by molar-refractivity contribution is 0.184. The Morgan fingerprint density at radius 2 is 2.05 bits per heavy atom. The number of rotatable bonds is 8. The zero-order valence-corrected chi connectivity index (χ0v) is 11.6. The summed E-state index contributed by atoms with van der Waals surface area (Å²) >= 11 is 0.